The molecular formula is C49H30N4. The van der Waals surface area contributed by atoms with E-state index < -0.39 is 0 Å². The average Bonchev–Trinajstić information content (AvgIpc) is 3.60. The van der Waals surface area contributed by atoms with E-state index in [1.807, 2.05) is 24.3 Å². The lowest BCUT2D eigenvalue weighted by Gasteiger charge is -2.15. The second-order valence-corrected chi connectivity index (χ2v) is 13.6. The molecule has 0 atom stereocenters. The number of aromatic nitrogens is 4. The van der Waals surface area contributed by atoms with Gasteiger partial charge >= 0.3 is 0 Å². The first kappa shape index (κ1) is 29.5. The lowest BCUT2D eigenvalue weighted by Crippen LogP contribution is -2.01. The molecule has 0 fully saturated rings. The minimum atomic E-state index is 0.638. The number of benzene rings is 9. The van der Waals surface area contributed by atoms with Crippen LogP contribution in [0.4, 0.5) is 0 Å². The molecule has 0 aliphatic heterocycles. The Morgan fingerprint density at radius 1 is 0.340 bits per heavy atom. The Morgan fingerprint density at radius 3 is 1.58 bits per heavy atom. The zero-order chi connectivity index (χ0) is 34.9. The molecule has 9 aromatic carbocycles. The standard InChI is InChI=1S/C49H30N4/c1-4-14-31(15-5-1)32-26-28-34(29-27-32)48-50-47(33-16-6-2-7-17-33)51-49(52-48)40-24-12-18-35-30-41-38-22-11-10-21-37(38)39-23-13-25-42-44(39)45(41)46(43(35)40)53(42)36-19-8-3-9-20-36/h1-30H. The summed E-state index contributed by atoms with van der Waals surface area (Å²) >= 11 is 0. The van der Waals surface area contributed by atoms with Crippen LogP contribution in [-0.2, 0) is 0 Å². The zero-order valence-corrected chi connectivity index (χ0v) is 28.6. The Balaban J connectivity index is 1.24. The van der Waals surface area contributed by atoms with E-state index in [1.54, 1.807) is 0 Å². The summed E-state index contributed by atoms with van der Waals surface area (Å²) < 4.78 is 2.44. The molecule has 11 rings (SSSR count). The van der Waals surface area contributed by atoms with Crippen molar-refractivity contribution in [3.05, 3.63) is 182 Å². The Morgan fingerprint density at radius 2 is 0.868 bits per heavy atom. The van der Waals surface area contributed by atoms with E-state index in [0.29, 0.717) is 17.5 Å². The van der Waals surface area contributed by atoms with Gasteiger partial charge in [0.05, 0.1) is 11.0 Å². The van der Waals surface area contributed by atoms with Gasteiger partial charge in [0.15, 0.2) is 17.5 Å². The summed E-state index contributed by atoms with van der Waals surface area (Å²) in [5.41, 5.74) is 8.63. The molecule has 2 aromatic heterocycles. The molecule has 0 bridgehead atoms. The Bertz CT molecular complexity index is 3130. The van der Waals surface area contributed by atoms with Gasteiger partial charge in [0.25, 0.3) is 0 Å². The predicted octanol–water partition coefficient (Wildman–Crippen LogP) is 12.5. The highest BCUT2D eigenvalue weighted by atomic mass is 15.0. The van der Waals surface area contributed by atoms with Crippen molar-refractivity contribution >= 4 is 54.1 Å². The summed E-state index contributed by atoms with van der Waals surface area (Å²) in [7, 11) is 0. The van der Waals surface area contributed by atoms with Crippen molar-refractivity contribution in [2.24, 2.45) is 0 Å². The third kappa shape index (κ3) is 4.59. The lowest BCUT2D eigenvalue weighted by atomic mass is 9.91. The van der Waals surface area contributed by atoms with Gasteiger partial charge in [-0.2, -0.15) is 0 Å². The normalized spacial score (nSPS) is 11.8. The molecule has 0 aliphatic carbocycles. The molecule has 0 radical (unpaired) electrons. The van der Waals surface area contributed by atoms with E-state index in [4.69, 9.17) is 15.0 Å². The molecule has 0 unspecified atom stereocenters. The number of hydrogen-bond donors (Lipinski definition) is 0. The minimum Gasteiger partial charge on any atom is -0.309 e. The number of rotatable bonds is 5. The smallest absolute Gasteiger partial charge is 0.164 e. The van der Waals surface area contributed by atoms with Crippen LogP contribution in [0.1, 0.15) is 0 Å². The van der Waals surface area contributed by atoms with Crippen molar-refractivity contribution in [2.75, 3.05) is 0 Å². The summed E-state index contributed by atoms with van der Waals surface area (Å²) in [6, 6.07) is 64.3. The molecular weight excluding hydrogens is 645 g/mol. The highest BCUT2D eigenvalue weighted by Gasteiger charge is 2.24. The van der Waals surface area contributed by atoms with E-state index >= 15 is 0 Å². The maximum Gasteiger partial charge on any atom is 0.164 e. The van der Waals surface area contributed by atoms with E-state index in [9.17, 15) is 0 Å². The predicted molar refractivity (Wildman–Crippen MR) is 220 cm³/mol. The topological polar surface area (TPSA) is 43.6 Å². The third-order valence-electron chi connectivity index (χ3n) is 10.6. The SMILES string of the molecule is c1ccc(-c2ccc(-c3nc(-c4ccccc4)nc(-c4cccc5cc6c7ccccc7c7cccc8c7c6c(c45)n8-c4ccccc4)n3)cc2)cc1. The quantitative estimate of drug-likeness (QED) is 0.135. The van der Waals surface area contributed by atoms with Crippen LogP contribution in [-0.4, -0.2) is 19.5 Å². The summed E-state index contributed by atoms with van der Waals surface area (Å²) in [6.07, 6.45) is 0. The highest BCUT2D eigenvalue weighted by Crippen LogP contribution is 2.48. The maximum atomic E-state index is 5.27. The molecule has 4 nitrogen and oxygen atoms in total. The summed E-state index contributed by atoms with van der Waals surface area (Å²) in [4.78, 5) is 15.6. The van der Waals surface area contributed by atoms with Crippen LogP contribution in [0.3, 0.4) is 0 Å². The van der Waals surface area contributed by atoms with Gasteiger partial charge < -0.3 is 4.57 Å². The van der Waals surface area contributed by atoms with Crippen molar-refractivity contribution < 1.29 is 0 Å². The average molecular weight is 675 g/mol. The molecule has 0 saturated heterocycles. The number of fused-ring (bicyclic) bond motifs is 5. The molecule has 0 N–H and O–H groups in total. The molecule has 0 amide bonds. The van der Waals surface area contributed by atoms with Gasteiger partial charge in [-0.05, 0) is 62.3 Å². The number of nitrogens with zero attached hydrogens (tertiary/aromatic N) is 4. The first-order valence-corrected chi connectivity index (χ1v) is 18.0. The molecule has 4 heteroatoms. The van der Waals surface area contributed by atoms with Gasteiger partial charge in [0.1, 0.15) is 0 Å². The molecule has 0 aliphatic rings. The first-order valence-electron chi connectivity index (χ1n) is 18.0. The van der Waals surface area contributed by atoms with Crippen molar-refractivity contribution in [3.8, 4) is 51.0 Å². The molecule has 0 saturated carbocycles. The second kappa shape index (κ2) is 11.7. The van der Waals surface area contributed by atoms with E-state index in [-0.39, 0.29) is 0 Å². The molecule has 2 heterocycles. The fraction of sp³-hybridized carbons (Fsp3) is 0. The zero-order valence-electron chi connectivity index (χ0n) is 28.6. The van der Waals surface area contributed by atoms with Crippen LogP contribution in [0.25, 0.3) is 105 Å². The maximum absolute atomic E-state index is 5.27. The second-order valence-electron chi connectivity index (χ2n) is 13.6. The van der Waals surface area contributed by atoms with Crippen molar-refractivity contribution in [1.29, 1.82) is 0 Å². The molecule has 11 aromatic rings. The summed E-state index contributed by atoms with van der Waals surface area (Å²) in [5.74, 6) is 1.92. The van der Waals surface area contributed by atoms with Gasteiger partial charge in [0.2, 0.25) is 0 Å². The molecule has 0 spiro atoms. The van der Waals surface area contributed by atoms with Crippen LogP contribution >= 0.6 is 0 Å². The van der Waals surface area contributed by atoms with Crippen LogP contribution in [0.2, 0.25) is 0 Å². The first-order chi connectivity index (χ1) is 26.3. The van der Waals surface area contributed by atoms with Crippen molar-refractivity contribution in [1.82, 2.24) is 19.5 Å². The van der Waals surface area contributed by atoms with E-state index in [0.717, 1.165) is 44.2 Å². The minimum absolute atomic E-state index is 0.638. The van der Waals surface area contributed by atoms with Gasteiger partial charge in [0, 0.05) is 38.5 Å². The molecule has 53 heavy (non-hydrogen) atoms. The summed E-state index contributed by atoms with van der Waals surface area (Å²) in [6.45, 7) is 0. The largest absolute Gasteiger partial charge is 0.309 e. The van der Waals surface area contributed by atoms with E-state index in [2.05, 4.69) is 162 Å². The van der Waals surface area contributed by atoms with E-state index in [1.165, 1.54) is 43.4 Å². The number of para-hydroxylation sites is 1. The van der Waals surface area contributed by atoms with Crippen LogP contribution in [0, 0.1) is 0 Å². The Hall–Kier alpha value is -7.17. The Kier molecular flexibility index (Phi) is 6.52. The third-order valence-corrected chi connectivity index (χ3v) is 10.6. The fourth-order valence-corrected chi connectivity index (χ4v) is 8.23. The highest BCUT2D eigenvalue weighted by molar-refractivity contribution is 6.38. The van der Waals surface area contributed by atoms with Gasteiger partial charge in [-0.3, -0.25) is 0 Å². The lowest BCUT2D eigenvalue weighted by molar-refractivity contribution is 1.08. The van der Waals surface area contributed by atoms with Gasteiger partial charge in [-0.15, -0.1) is 0 Å². The van der Waals surface area contributed by atoms with Crippen LogP contribution in [0.5, 0.6) is 0 Å². The fourth-order valence-electron chi connectivity index (χ4n) is 8.23. The monoisotopic (exact) mass is 674 g/mol. The molecule has 246 valence electrons. The summed E-state index contributed by atoms with van der Waals surface area (Å²) in [5, 5.41) is 9.81. The Labute approximate surface area is 305 Å². The van der Waals surface area contributed by atoms with Crippen molar-refractivity contribution in [2.45, 2.75) is 0 Å². The van der Waals surface area contributed by atoms with Crippen LogP contribution in [0.15, 0.2) is 182 Å². The van der Waals surface area contributed by atoms with Crippen LogP contribution < -0.4 is 0 Å². The number of hydrogen-bond acceptors (Lipinski definition) is 3. The van der Waals surface area contributed by atoms with Gasteiger partial charge in [-0.25, -0.2) is 15.0 Å². The van der Waals surface area contributed by atoms with Crippen molar-refractivity contribution in [3.63, 3.8) is 0 Å². The van der Waals surface area contributed by atoms with Gasteiger partial charge in [-0.1, -0.05) is 158 Å².